The molecule has 39 heavy (non-hydrogen) atoms. The van der Waals surface area contributed by atoms with E-state index in [9.17, 15) is 14.4 Å². The Kier molecular flexibility index (Phi) is 9.91. The number of anilines is 1. The first-order chi connectivity index (χ1) is 18.8. The minimum atomic E-state index is -1.18. The summed E-state index contributed by atoms with van der Waals surface area (Å²) in [5, 5.41) is 9.54. The fourth-order valence-electron chi connectivity index (χ4n) is 6.26. The van der Waals surface area contributed by atoms with Crippen LogP contribution in [0.4, 0.5) is 5.69 Å². The van der Waals surface area contributed by atoms with Crippen molar-refractivity contribution in [1.82, 2.24) is 4.90 Å². The number of ether oxygens (including phenoxy) is 2. The predicted octanol–water partition coefficient (Wildman–Crippen LogP) is 4.28. The number of fused-ring (bicyclic) bond motifs is 1. The molecule has 2 amide bonds. The molecule has 3 saturated heterocycles. The van der Waals surface area contributed by atoms with Crippen molar-refractivity contribution in [2.75, 3.05) is 31.2 Å². The summed E-state index contributed by atoms with van der Waals surface area (Å²) in [7, 11) is 0. The molecule has 2 bridgehead atoms. The number of nitrogens with zero attached hydrogens (tertiary/aromatic N) is 2. The molecule has 1 spiro atoms. The van der Waals surface area contributed by atoms with Gasteiger partial charge in [-0.2, -0.15) is 0 Å². The summed E-state index contributed by atoms with van der Waals surface area (Å²) in [6, 6.07) is 6.11. The van der Waals surface area contributed by atoms with E-state index in [2.05, 4.69) is 29.1 Å². The number of esters is 1. The number of aliphatic hydroxyl groups is 1. The Balaban J connectivity index is 1.71. The van der Waals surface area contributed by atoms with E-state index in [4.69, 9.17) is 26.2 Å². The Hall–Kier alpha value is -2.20. The molecule has 6 atom stereocenters. The number of carbonyl (C=O) groups excluding carboxylic acids is 3. The third kappa shape index (κ3) is 5.56. The summed E-state index contributed by atoms with van der Waals surface area (Å²) in [6.07, 6.45) is 6.55. The largest absolute Gasteiger partial charge is 0.465 e. The summed E-state index contributed by atoms with van der Waals surface area (Å²) < 4.78 is 12.1. The number of para-hydroxylation sites is 1. The van der Waals surface area contributed by atoms with Crippen molar-refractivity contribution in [2.45, 2.75) is 61.1 Å². The molecule has 3 aliphatic heterocycles. The lowest BCUT2D eigenvalue weighted by Gasteiger charge is -2.37. The number of unbranched alkanes of at least 4 members (excludes halogenated alkanes) is 3. The zero-order valence-corrected chi connectivity index (χ0v) is 24.3. The number of rotatable bonds is 14. The number of halogens is 2. The van der Waals surface area contributed by atoms with Crippen molar-refractivity contribution in [3.8, 4) is 0 Å². The van der Waals surface area contributed by atoms with Crippen LogP contribution in [-0.4, -0.2) is 76.7 Å². The van der Waals surface area contributed by atoms with Crippen LogP contribution in [-0.2, 0) is 23.9 Å². The molecule has 0 radical (unpaired) electrons. The van der Waals surface area contributed by atoms with Gasteiger partial charge in [0.05, 0.1) is 35.3 Å². The van der Waals surface area contributed by atoms with Crippen molar-refractivity contribution >= 4 is 51.0 Å². The molecule has 3 heterocycles. The number of amides is 2. The standard InChI is InChI=1S/C29H36BrClN2O6/c1-3-5-17-38-28(37)22-23-26(35)33(15-10-6-7-11-16-34)25(29(23)18-19(30)24(22)39-29)27(36)32(14-4-2)21-13-9-8-12-20(21)31/h3-4,8-9,12-13,19,22-25,34H,1-2,5-7,10-11,14-18H2/t19?,22-,23-,24-,25?,29?/m0/s1. The maximum absolute atomic E-state index is 14.5. The van der Waals surface area contributed by atoms with E-state index in [0.29, 0.717) is 42.9 Å². The Morgan fingerprint density at radius 1 is 1.23 bits per heavy atom. The van der Waals surface area contributed by atoms with E-state index in [1.54, 1.807) is 46.2 Å². The molecule has 212 valence electrons. The first-order valence-electron chi connectivity index (χ1n) is 13.5. The molecule has 0 aromatic heterocycles. The average molecular weight is 624 g/mol. The molecule has 3 unspecified atom stereocenters. The van der Waals surface area contributed by atoms with Crippen LogP contribution < -0.4 is 4.90 Å². The Bertz CT molecular complexity index is 1100. The lowest BCUT2D eigenvalue weighted by atomic mass is 9.70. The van der Waals surface area contributed by atoms with Crippen LogP contribution in [0.1, 0.15) is 38.5 Å². The quantitative estimate of drug-likeness (QED) is 0.144. The van der Waals surface area contributed by atoms with Crippen LogP contribution >= 0.6 is 27.5 Å². The monoisotopic (exact) mass is 622 g/mol. The van der Waals surface area contributed by atoms with Gasteiger partial charge in [-0.1, -0.05) is 64.7 Å². The van der Waals surface area contributed by atoms with Gasteiger partial charge in [0.1, 0.15) is 11.6 Å². The van der Waals surface area contributed by atoms with Crippen molar-refractivity contribution in [2.24, 2.45) is 11.8 Å². The van der Waals surface area contributed by atoms with Gasteiger partial charge in [-0.3, -0.25) is 14.4 Å². The van der Waals surface area contributed by atoms with Gasteiger partial charge < -0.3 is 24.4 Å². The highest BCUT2D eigenvalue weighted by atomic mass is 79.9. The number of hydrogen-bond acceptors (Lipinski definition) is 6. The lowest BCUT2D eigenvalue weighted by Crippen LogP contribution is -2.57. The molecule has 0 saturated carbocycles. The van der Waals surface area contributed by atoms with Gasteiger partial charge in [0.15, 0.2) is 0 Å². The summed E-state index contributed by atoms with van der Waals surface area (Å²) in [4.78, 5) is 44.8. The van der Waals surface area contributed by atoms with Crippen LogP contribution in [0.3, 0.4) is 0 Å². The molecule has 10 heteroatoms. The number of alkyl halides is 1. The van der Waals surface area contributed by atoms with Crippen LogP contribution in [0.15, 0.2) is 49.6 Å². The highest BCUT2D eigenvalue weighted by Crippen LogP contribution is 2.60. The number of hydrogen-bond donors (Lipinski definition) is 1. The molecular formula is C29H36BrClN2O6. The number of aliphatic hydroxyl groups excluding tert-OH is 1. The van der Waals surface area contributed by atoms with E-state index < -0.39 is 35.6 Å². The van der Waals surface area contributed by atoms with E-state index in [1.807, 2.05) is 0 Å². The van der Waals surface area contributed by atoms with Gasteiger partial charge >= 0.3 is 5.97 Å². The second-order valence-corrected chi connectivity index (χ2v) is 11.9. The lowest BCUT2D eigenvalue weighted by molar-refractivity contribution is -0.154. The molecule has 1 N–H and O–H groups in total. The second-order valence-electron chi connectivity index (χ2n) is 10.3. The van der Waals surface area contributed by atoms with Crippen molar-refractivity contribution in [1.29, 1.82) is 0 Å². The molecule has 3 fully saturated rings. The molecule has 1 aromatic carbocycles. The first-order valence-corrected chi connectivity index (χ1v) is 14.8. The maximum Gasteiger partial charge on any atom is 0.312 e. The SMILES string of the molecule is C=CCCOC(=O)[C@H]1[C@H]2C(=O)N(CCCCCCO)C(C(=O)N(CC=C)c3ccccc3Cl)C23CC(Br)[C@@H]1O3. The number of likely N-dealkylation sites (tertiary alicyclic amines) is 1. The summed E-state index contributed by atoms with van der Waals surface area (Å²) in [5.74, 6) is -2.72. The molecule has 3 aliphatic rings. The normalized spacial score (nSPS) is 28.8. The zero-order valence-electron chi connectivity index (χ0n) is 22.0. The van der Waals surface area contributed by atoms with Gasteiger partial charge in [0.25, 0.3) is 5.91 Å². The Morgan fingerprint density at radius 2 is 1.97 bits per heavy atom. The smallest absolute Gasteiger partial charge is 0.312 e. The third-order valence-electron chi connectivity index (χ3n) is 7.89. The minimum Gasteiger partial charge on any atom is -0.465 e. The van der Waals surface area contributed by atoms with Crippen LogP contribution in [0.2, 0.25) is 5.02 Å². The van der Waals surface area contributed by atoms with Gasteiger partial charge in [0.2, 0.25) is 5.91 Å². The van der Waals surface area contributed by atoms with E-state index in [0.717, 1.165) is 12.8 Å². The molecule has 1 aromatic rings. The third-order valence-corrected chi connectivity index (χ3v) is 9.05. The molecular weight excluding hydrogens is 588 g/mol. The molecule has 8 nitrogen and oxygen atoms in total. The second kappa shape index (κ2) is 13.0. The van der Waals surface area contributed by atoms with Crippen LogP contribution in [0.5, 0.6) is 0 Å². The Morgan fingerprint density at radius 3 is 2.67 bits per heavy atom. The van der Waals surface area contributed by atoms with Crippen molar-refractivity contribution < 1.29 is 29.0 Å². The van der Waals surface area contributed by atoms with Crippen molar-refractivity contribution in [3.63, 3.8) is 0 Å². The topological polar surface area (TPSA) is 96.4 Å². The zero-order chi connectivity index (χ0) is 28.2. The van der Waals surface area contributed by atoms with Crippen LogP contribution in [0, 0.1) is 11.8 Å². The van der Waals surface area contributed by atoms with Gasteiger partial charge in [-0.05, 0) is 37.8 Å². The minimum absolute atomic E-state index is 0.112. The van der Waals surface area contributed by atoms with Crippen LogP contribution in [0.25, 0.3) is 0 Å². The fraction of sp³-hybridized carbons (Fsp3) is 0.552. The highest BCUT2D eigenvalue weighted by molar-refractivity contribution is 9.09. The Labute approximate surface area is 243 Å². The predicted molar refractivity (Wildman–Crippen MR) is 153 cm³/mol. The van der Waals surface area contributed by atoms with E-state index >= 15 is 0 Å². The van der Waals surface area contributed by atoms with Gasteiger partial charge in [0, 0.05) is 24.5 Å². The average Bonchev–Trinajstić information content (AvgIpc) is 3.51. The number of carbonyl (C=O) groups is 3. The summed E-state index contributed by atoms with van der Waals surface area (Å²) >= 11 is 10.2. The number of benzene rings is 1. The van der Waals surface area contributed by atoms with Crippen molar-refractivity contribution in [3.05, 3.63) is 54.6 Å². The van der Waals surface area contributed by atoms with E-state index in [-0.39, 0.29) is 36.4 Å². The molecule has 0 aliphatic carbocycles. The summed E-state index contributed by atoms with van der Waals surface area (Å²) in [5.41, 5.74) is -0.663. The summed E-state index contributed by atoms with van der Waals surface area (Å²) in [6.45, 7) is 8.29. The first kappa shape index (κ1) is 29.8. The fourth-order valence-corrected chi connectivity index (χ4v) is 7.44. The molecule has 4 rings (SSSR count). The van der Waals surface area contributed by atoms with E-state index in [1.165, 1.54) is 0 Å². The van der Waals surface area contributed by atoms with Gasteiger partial charge in [-0.25, -0.2) is 0 Å². The van der Waals surface area contributed by atoms with Gasteiger partial charge in [-0.15, -0.1) is 13.2 Å². The highest BCUT2D eigenvalue weighted by Gasteiger charge is 2.77. The maximum atomic E-state index is 14.5.